The zero-order chi connectivity index (χ0) is 19.1. The maximum absolute atomic E-state index is 12.7. The Labute approximate surface area is 163 Å². The van der Waals surface area contributed by atoms with Gasteiger partial charge in [-0.2, -0.15) is 0 Å². The summed E-state index contributed by atoms with van der Waals surface area (Å²) in [6, 6.07) is 9.51. The lowest BCUT2D eigenvalue weighted by Crippen LogP contribution is -2.47. The van der Waals surface area contributed by atoms with E-state index in [2.05, 4.69) is 33.9 Å². The van der Waals surface area contributed by atoms with Gasteiger partial charge in [0.15, 0.2) is 5.69 Å². The highest BCUT2D eigenvalue weighted by Crippen LogP contribution is 2.30. The Kier molecular flexibility index (Phi) is 6.76. The number of nitrogens with one attached hydrogen (secondary N) is 1. The van der Waals surface area contributed by atoms with Gasteiger partial charge in [-0.05, 0) is 50.6 Å². The number of nitrogens with zero attached hydrogens (tertiary/aromatic N) is 3. The van der Waals surface area contributed by atoms with E-state index in [-0.39, 0.29) is 17.9 Å². The molecule has 3 rings (SSSR count). The van der Waals surface area contributed by atoms with Crippen molar-refractivity contribution in [2.45, 2.75) is 19.4 Å². The topological polar surface area (TPSA) is 76.6 Å². The highest BCUT2D eigenvalue weighted by atomic mass is 32.1. The number of amides is 1. The minimum atomic E-state index is -0.194. The summed E-state index contributed by atoms with van der Waals surface area (Å²) >= 11 is 1.19. The van der Waals surface area contributed by atoms with Crippen molar-refractivity contribution in [3.8, 4) is 5.75 Å². The molecule has 1 N–H and O–H groups in total. The van der Waals surface area contributed by atoms with Gasteiger partial charge in [0.2, 0.25) is 0 Å². The van der Waals surface area contributed by atoms with Crippen molar-refractivity contribution >= 4 is 17.4 Å². The fourth-order valence-corrected chi connectivity index (χ4v) is 3.91. The summed E-state index contributed by atoms with van der Waals surface area (Å²) in [5, 5.41) is 7.08. The van der Waals surface area contributed by atoms with Crippen LogP contribution in [-0.4, -0.2) is 60.8 Å². The van der Waals surface area contributed by atoms with Crippen molar-refractivity contribution in [3.05, 3.63) is 40.9 Å². The molecule has 1 amide bonds. The molecule has 0 bridgehead atoms. The van der Waals surface area contributed by atoms with Gasteiger partial charge in [-0.1, -0.05) is 22.7 Å². The SMILES string of the molecule is CN(C)CC1(CNC(=O)c2nnsc2COc2ccccc2)CCOCC1. The summed E-state index contributed by atoms with van der Waals surface area (Å²) < 4.78 is 15.2. The number of aromatic nitrogens is 2. The van der Waals surface area contributed by atoms with Gasteiger partial charge in [0.1, 0.15) is 12.4 Å². The molecule has 1 aromatic carbocycles. The Morgan fingerprint density at radius 1 is 1.30 bits per heavy atom. The molecule has 1 fully saturated rings. The molecule has 1 aliphatic rings. The van der Waals surface area contributed by atoms with Crippen molar-refractivity contribution in [2.75, 3.05) is 40.4 Å². The van der Waals surface area contributed by atoms with E-state index in [1.807, 2.05) is 30.3 Å². The number of hydrogen-bond acceptors (Lipinski definition) is 7. The molecule has 146 valence electrons. The molecule has 0 aliphatic carbocycles. The number of carbonyl (C=O) groups is 1. The van der Waals surface area contributed by atoms with E-state index in [1.54, 1.807) is 0 Å². The van der Waals surface area contributed by atoms with Gasteiger partial charge in [0.25, 0.3) is 5.91 Å². The highest BCUT2D eigenvalue weighted by Gasteiger charge is 2.34. The van der Waals surface area contributed by atoms with Crippen LogP contribution in [0.4, 0.5) is 0 Å². The van der Waals surface area contributed by atoms with E-state index < -0.39 is 0 Å². The molecule has 0 saturated carbocycles. The molecule has 1 aromatic heterocycles. The average molecular weight is 391 g/mol. The number of ether oxygens (including phenoxy) is 2. The molecule has 7 nitrogen and oxygen atoms in total. The summed E-state index contributed by atoms with van der Waals surface area (Å²) in [6.07, 6.45) is 1.87. The van der Waals surface area contributed by atoms with Crippen LogP contribution in [0.15, 0.2) is 30.3 Å². The molecule has 0 unspecified atom stereocenters. The lowest BCUT2D eigenvalue weighted by Gasteiger charge is -2.39. The number of rotatable bonds is 8. The summed E-state index contributed by atoms with van der Waals surface area (Å²) in [6.45, 7) is 3.26. The first-order chi connectivity index (χ1) is 13.1. The van der Waals surface area contributed by atoms with Crippen molar-refractivity contribution < 1.29 is 14.3 Å². The van der Waals surface area contributed by atoms with E-state index >= 15 is 0 Å². The summed E-state index contributed by atoms with van der Waals surface area (Å²) in [4.78, 5) is 15.6. The summed E-state index contributed by atoms with van der Waals surface area (Å²) in [7, 11) is 4.12. The van der Waals surface area contributed by atoms with Crippen molar-refractivity contribution in [1.82, 2.24) is 19.8 Å². The second-order valence-electron chi connectivity index (χ2n) is 7.18. The first-order valence-electron chi connectivity index (χ1n) is 9.08. The van der Waals surface area contributed by atoms with Gasteiger partial charge < -0.3 is 19.7 Å². The van der Waals surface area contributed by atoms with E-state index in [1.165, 1.54) is 11.5 Å². The Morgan fingerprint density at radius 2 is 2.04 bits per heavy atom. The lowest BCUT2D eigenvalue weighted by atomic mass is 9.79. The normalized spacial score (nSPS) is 16.3. The first kappa shape index (κ1) is 19.7. The molecular formula is C19H26N4O3S. The Balaban J connectivity index is 1.60. The van der Waals surface area contributed by atoms with Gasteiger partial charge in [0.05, 0.1) is 4.88 Å². The van der Waals surface area contributed by atoms with Crippen molar-refractivity contribution in [2.24, 2.45) is 5.41 Å². The van der Waals surface area contributed by atoms with Crippen molar-refractivity contribution in [3.63, 3.8) is 0 Å². The average Bonchev–Trinajstić information content (AvgIpc) is 3.14. The maximum atomic E-state index is 12.7. The molecule has 2 aromatic rings. The zero-order valence-electron chi connectivity index (χ0n) is 15.8. The number of carbonyl (C=O) groups excluding carboxylic acids is 1. The number of benzene rings is 1. The second-order valence-corrected chi connectivity index (χ2v) is 8.02. The monoisotopic (exact) mass is 390 g/mol. The minimum absolute atomic E-state index is 0.0293. The summed E-state index contributed by atoms with van der Waals surface area (Å²) in [5.74, 6) is 0.560. The smallest absolute Gasteiger partial charge is 0.273 e. The predicted molar refractivity (Wildman–Crippen MR) is 104 cm³/mol. The minimum Gasteiger partial charge on any atom is -0.488 e. The van der Waals surface area contributed by atoms with Crippen LogP contribution in [0.1, 0.15) is 28.2 Å². The van der Waals surface area contributed by atoms with E-state index in [0.717, 1.165) is 43.2 Å². The Bertz CT molecular complexity index is 730. The first-order valence-corrected chi connectivity index (χ1v) is 9.85. The quantitative estimate of drug-likeness (QED) is 0.745. The standard InChI is InChI=1S/C19H26N4O3S/c1-23(2)14-19(8-10-25-11-9-19)13-20-18(24)17-16(27-22-21-17)12-26-15-6-4-3-5-7-15/h3-7H,8-14H2,1-2H3,(H,20,24). The van der Waals surface area contributed by atoms with E-state index in [9.17, 15) is 4.79 Å². The fourth-order valence-electron chi connectivity index (χ4n) is 3.36. The van der Waals surface area contributed by atoms with Crippen LogP contribution in [0.2, 0.25) is 0 Å². The number of hydrogen-bond donors (Lipinski definition) is 1. The van der Waals surface area contributed by atoms with Crippen molar-refractivity contribution in [1.29, 1.82) is 0 Å². The maximum Gasteiger partial charge on any atom is 0.273 e. The van der Waals surface area contributed by atoms with Gasteiger partial charge in [0, 0.05) is 31.7 Å². The molecule has 8 heteroatoms. The van der Waals surface area contributed by atoms with Crippen LogP contribution in [0, 0.1) is 5.41 Å². The van der Waals surface area contributed by atoms with E-state index in [4.69, 9.17) is 9.47 Å². The van der Waals surface area contributed by atoms with Crippen LogP contribution in [0.25, 0.3) is 0 Å². The third kappa shape index (κ3) is 5.47. The molecule has 0 radical (unpaired) electrons. The number of para-hydroxylation sites is 1. The Morgan fingerprint density at radius 3 is 2.74 bits per heavy atom. The summed E-state index contributed by atoms with van der Waals surface area (Å²) in [5.41, 5.74) is 0.379. The molecule has 0 atom stereocenters. The molecular weight excluding hydrogens is 364 g/mol. The highest BCUT2D eigenvalue weighted by molar-refractivity contribution is 7.05. The molecule has 1 aliphatic heterocycles. The zero-order valence-corrected chi connectivity index (χ0v) is 16.6. The van der Waals surface area contributed by atoms with Crippen LogP contribution >= 0.6 is 11.5 Å². The van der Waals surface area contributed by atoms with Gasteiger partial charge in [-0.3, -0.25) is 4.79 Å². The van der Waals surface area contributed by atoms with E-state index in [0.29, 0.717) is 12.2 Å². The molecule has 27 heavy (non-hydrogen) atoms. The fraction of sp³-hybridized carbons (Fsp3) is 0.526. The van der Waals surface area contributed by atoms with Crippen LogP contribution < -0.4 is 10.1 Å². The molecule has 0 spiro atoms. The lowest BCUT2D eigenvalue weighted by molar-refractivity contribution is 0.00282. The molecule has 1 saturated heterocycles. The second kappa shape index (κ2) is 9.25. The van der Waals surface area contributed by atoms with Crippen LogP contribution in [0.5, 0.6) is 5.75 Å². The van der Waals surface area contributed by atoms with Crippen LogP contribution in [0.3, 0.4) is 0 Å². The van der Waals surface area contributed by atoms with Crippen LogP contribution in [-0.2, 0) is 11.3 Å². The molecule has 2 heterocycles. The third-order valence-corrected chi connectivity index (χ3v) is 5.41. The Hall–Kier alpha value is -2.03. The van der Waals surface area contributed by atoms with Gasteiger partial charge in [-0.15, -0.1) is 5.10 Å². The predicted octanol–water partition coefficient (Wildman–Crippen LogP) is 2.21. The largest absolute Gasteiger partial charge is 0.488 e. The van der Waals surface area contributed by atoms with Gasteiger partial charge >= 0.3 is 0 Å². The van der Waals surface area contributed by atoms with Gasteiger partial charge in [-0.25, -0.2) is 0 Å². The third-order valence-electron chi connectivity index (χ3n) is 4.71.